The number of nitrogens with zero attached hydrogens (tertiary/aromatic N) is 5. The maximum absolute atomic E-state index is 14.2. The molecule has 2 fully saturated rings. The van der Waals surface area contributed by atoms with Crippen LogP contribution in [-0.2, 0) is 6.54 Å². The molecule has 1 aliphatic carbocycles. The van der Waals surface area contributed by atoms with Crippen molar-refractivity contribution in [1.82, 2.24) is 25.4 Å². The molecule has 1 aliphatic heterocycles. The van der Waals surface area contributed by atoms with Gasteiger partial charge in [0.15, 0.2) is 0 Å². The van der Waals surface area contributed by atoms with Crippen LogP contribution in [0.4, 0.5) is 15.1 Å². The monoisotopic (exact) mass is 434 g/mol. The number of aromatic hydroxyl groups is 1. The third-order valence-electron chi connectivity index (χ3n) is 5.54. The van der Waals surface area contributed by atoms with Crippen molar-refractivity contribution in [3.05, 3.63) is 40.3 Å². The van der Waals surface area contributed by atoms with E-state index in [0.29, 0.717) is 23.1 Å². The number of piperidine rings is 1. The summed E-state index contributed by atoms with van der Waals surface area (Å²) < 4.78 is 14.2. The van der Waals surface area contributed by atoms with Gasteiger partial charge in [-0.3, -0.25) is 0 Å². The van der Waals surface area contributed by atoms with Crippen LogP contribution in [-0.4, -0.2) is 56.4 Å². The average Bonchev–Trinajstić information content (AvgIpc) is 3.55. The zero-order chi connectivity index (χ0) is 21.3. The van der Waals surface area contributed by atoms with Crippen molar-refractivity contribution < 1.29 is 14.3 Å². The van der Waals surface area contributed by atoms with Crippen molar-refractivity contribution in [2.45, 2.75) is 51.2 Å². The van der Waals surface area contributed by atoms with E-state index in [0.717, 1.165) is 37.8 Å². The molecule has 10 heteroatoms. The molecule has 2 N–H and O–H groups in total. The van der Waals surface area contributed by atoms with Crippen LogP contribution in [0.25, 0.3) is 0 Å². The molecular formula is C20H24ClFN6O2. The van der Waals surface area contributed by atoms with Crippen molar-refractivity contribution >= 4 is 23.6 Å². The Bertz CT molecular complexity index is 942. The average molecular weight is 435 g/mol. The second-order valence-corrected chi connectivity index (χ2v) is 8.25. The number of hydrogen-bond donors (Lipinski definition) is 2. The molecule has 1 saturated carbocycles. The van der Waals surface area contributed by atoms with Crippen molar-refractivity contribution in [3.8, 4) is 5.88 Å². The molecule has 1 atom stereocenters. The van der Waals surface area contributed by atoms with Gasteiger partial charge < -0.3 is 20.2 Å². The summed E-state index contributed by atoms with van der Waals surface area (Å²) in [5.41, 5.74) is 1.18. The van der Waals surface area contributed by atoms with E-state index in [1.54, 1.807) is 13.0 Å². The smallest absolute Gasteiger partial charge is 0.318 e. The number of carbonyl (C=O) groups excluding carboxylic acids is 1. The summed E-state index contributed by atoms with van der Waals surface area (Å²) in [6.45, 7) is 3.20. The van der Waals surface area contributed by atoms with Gasteiger partial charge in [0.1, 0.15) is 12.0 Å². The van der Waals surface area contributed by atoms with Crippen LogP contribution in [0.15, 0.2) is 18.3 Å². The predicted molar refractivity (Wildman–Crippen MR) is 110 cm³/mol. The maximum atomic E-state index is 14.2. The first-order valence-corrected chi connectivity index (χ1v) is 10.4. The third-order valence-corrected chi connectivity index (χ3v) is 5.95. The minimum Gasteiger partial charge on any atom is -0.492 e. The summed E-state index contributed by atoms with van der Waals surface area (Å²) in [5.74, 6) is -0.255. The highest BCUT2D eigenvalue weighted by atomic mass is 35.5. The van der Waals surface area contributed by atoms with Crippen LogP contribution in [0.3, 0.4) is 0 Å². The largest absolute Gasteiger partial charge is 0.492 e. The predicted octanol–water partition coefficient (Wildman–Crippen LogP) is 3.02. The second kappa shape index (κ2) is 8.59. The van der Waals surface area contributed by atoms with Crippen LogP contribution in [0.2, 0.25) is 5.02 Å². The molecule has 2 heterocycles. The Morgan fingerprint density at radius 2 is 2.17 bits per heavy atom. The number of anilines is 1. The molecule has 2 amide bonds. The molecule has 1 aromatic carbocycles. The van der Waals surface area contributed by atoms with E-state index in [-0.39, 0.29) is 30.5 Å². The molecule has 0 spiro atoms. The normalized spacial score (nSPS) is 18.9. The summed E-state index contributed by atoms with van der Waals surface area (Å²) in [6.07, 6.45) is 4.84. The molecule has 2 aliphatic rings. The van der Waals surface area contributed by atoms with Crippen molar-refractivity contribution in [3.63, 3.8) is 0 Å². The van der Waals surface area contributed by atoms with Crippen LogP contribution in [0.5, 0.6) is 5.88 Å². The fourth-order valence-electron chi connectivity index (χ4n) is 3.88. The topological polar surface area (TPSA) is 94.5 Å². The van der Waals surface area contributed by atoms with Gasteiger partial charge in [0.25, 0.3) is 0 Å². The van der Waals surface area contributed by atoms with Gasteiger partial charge in [-0.15, -0.1) is 10.2 Å². The lowest BCUT2D eigenvalue weighted by Crippen LogP contribution is -2.54. The van der Waals surface area contributed by atoms with Gasteiger partial charge in [0, 0.05) is 36.3 Å². The van der Waals surface area contributed by atoms with E-state index in [1.807, 2.05) is 9.80 Å². The summed E-state index contributed by atoms with van der Waals surface area (Å²) in [4.78, 5) is 20.9. The number of halogens is 2. The minimum absolute atomic E-state index is 0.0194. The van der Waals surface area contributed by atoms with Crippen LogP contribution in [0, 0.1) is 12.7 Å². The van der Waals surface area contributed by atoms with Gasteiger partial charge in [0.2, 0.25) is 11.8 Å². The summed E-state index contributed by atoms with van der Waals surface area (Å²) in [7, 11) is 0. The minimum atomic E-state index is -0.429. The molecule has 4 rings (SSSR count). The van der Waals surface area contributed by atoms with Crippen molar-refractivity contribution in [2.24, 2.45) is 0 Å². The molecule has 0 radical (unpaired) electrons. The molecule has 1 saturated heterocycles. The number of hydrogen-bond acceptors (Lipinski definition) is 6. The fourth-order valence-corrected chi connectivity index (χ4v) is 4.03. The molecule has 0 bridgehead atoms. The van der Waals surface area contributed by atoms with E-state index in [4.69, 9.17) is 11.6 Å². The van der Waals surface area contributed by atoms with Gasteiger partial charge in [-0.05, 0) is 50.3 Å². The standard InChI is InChI=1S/C20H24ClFN6O2/c1-12-7-13(17(22)8-16(12)21)9-23-20(30)28(14-4-5-14)15-3-2-6-27(11-15)19-25-18(29)10-24-26-19/h7-8,10,14-15H,2-6,9,11H2,1H3,(H,23,30)(H,25,26,29)/t15-/m1/s1. The van der Waals surface area contributed by atoms with Crippen molar-refractivity contribution in [2.75, 3.05) is 18.0 Å². The number of amides is 2. The Morgan fingerprint density at radius 1 is 1.37 bits per heavy atom. The quantitative estimate of drug-likeness (QED) is 0.751. The Morgan fingerprint density at radius 3 is 2.90 bits per heavy atom. The molecular weight excluding hydrogens is 411 g/mol. The lowest BCUT2D eigenvalue weighted by atomic mass is 10.0. The fraction of sp³-hybridized carbons (Fsp3) is 0.500. The third kappa shape index (κ3) is 4.56. The van der Waals surface area contributed by atoms with E-state index in [2.05, 4.69) is 20.5 Å². The summed E-state index contributed by atoms with van der Waals surface area (Å²) in [5, 5.41) is 20.6. The first kappa shape index (κ1) is 20.6. The van der Waals surface area contributed by atoms with Crippen LogP contribution >= 0.6 is 11.6 Å². The second-order valence-electron chi connectivity index (χ2n) is 7.85. The van der Waals surface area contributed by atoms with Crippen molar-refractivity contribution in [1.29, 1.82) is 0 Å². The molecule has 2 aromatic rings. The lowest BCUT2D eigenvalue weighted by Gasteiger charge is -2.39. The van der Waals surface area contributed by atoms with E-state index in [9.17, 15) is 14.3 Å². The molecule has 0 unspecified atom stereocenters. The van der Waals surface area contributed by atoms with E-state index in [1.165, 1.54) is 12.3 Å². The highest BCUT2D eigenvalue weighted by Crippen LogP contribution is 2.32. The number of urea groups is 1. The number of aryl methyl sites for hydroxylation is 1. The zero-order valence-corrected chi connectivity index (χ0v) is 17.4. The number of nitrogens with one attached hydrogen (secondary N) is 1. The zero-order valence-electron chi connectivity index (χ0n) is 16.7. The number of aromatic nitrogens is 3. The van der Waals surface area contributed by atoms with E-state index < -0.39 is 5.82 Å². The van der Waals surface area contributed by atoms with Gasteiger partial charge in [-0.25, -0.2) is 9.18 Å². The Hall–Kier alpha value is -2.68. The Kier molecular flexibility index (Phi) is 5.90. The Labute approximate surface area is 179 Å². The maximum Gasteiger partial charge on any atom is 0.318 e. The molecule has 1 aromatic heterocycles. The van der Waals surface area contributed by atoms with Gasteiger partial charge in [0.05, 0.1) is 6.04 Å². The SMILES string of the molecule is Cc1cc(CNC(=O)N(C2CC2)[C@@H]2CCCN(c3nncc(O)n3)C2)c(F)cc1Cl. The van der Waals surface area contributed by atoms with Gasteiger partial charge in [-0.1, -0.05) is 11.6 Å². The number of carbonyl (C=O) groups is 1. The summed E-state index contributed by atoms with van der Waals surface area (Å²) in [6, 6.07) is 2.91. The van der Waals surface area contributed by atoms with Gasteiger partial charge >= 0.3 is 6.03 Å². The number of benzene rings is 1. The van der Waals surface area contributed by atoms with Gasteiger partial charge in [-0.2, -0.15) is 4.98 Å². The highest BCUT2D eigenvalue weighted by molar-refractivity contribution is 6.31. The number of rotatable bonds is 5. The highest BCUT2D eigenvalue weighted by Gasteiger charge is 2.39. The molecule has 8 nitrogen and oxygen atoms in total. The Balaban J connectivity index is 1.44. The van der Waals surface area contributed by atoms with Crippen LogP contribution < -0.4 is 10.2 Å². The first-order valence-electron chi connectivity index (χ1n) is 10.1. The summed E-state index contributed by atoms with van der Waals surface area (Å²) >= 11 is 5.95. The first-order chi connectivity index (χ1) is 14.4. The van der Waals surface area contributed by atoms with Crippen LogP contribution in [0.1, 0.15) is 36.8 Å². The van der Waals surface area contributed by atoms with E-state index >= 15 is 0 Å². The lowest BCUT2D eigenvalue weighted by molar-refractivity contribution is 0.160. The molecule has 160 valence electrons. The molecule has 30 heavy (non-hydrogen) atoms.